The SMILES string of the molecule is CS(=O)(=O)c1nc2ccccc2n1CC(=O)C12CC3CC(CC(C3)C1)C2. The number of aromatic nitrogens is 2. The maximum absolute atomic E-state index is 13.4. The number of fused-ring (bicyclic) bond motifs is 1. The molecule has 0 unspecified atom stereocenters. The van der Waals surface area contributed by atoms with Crippen molar-refractivity contribution in [3.05, 3.63) is 24.3 Å². The molecule has 1 aromatic heterocycles. The lowest BCUT2D eigenvalue weighted by molar-refractivity contribution is -0.144. The summed E-state index contributed by atoms with van der Waals surface area (Å²) in [4.78, 5) is 17.7. The first kappa shape index (κ1) is 16.5. The minimum atomic E-state index is -3.50. The number of hydrogen-bond acceptors (Lipinski definition) is 4. The van der Waals surface area contributed by atoms with Crippen LogP contribution in [0.15, 0.2) is 29.4 Å². The fourth-order valence-electron chi connectivity index (χ4n) is 6.25. The van der Waals surface area contributed by atoms with Crippen molar-refractivity contribution in [3.8, 4) is 0 Å². The zero-order chi connectivity index (χ0) is 18.1. The highest BCUT2D eigenvalue weighted by Crippen LogP contribution is 2.60. The van der Waals surface area contributed by atoms with Crippen molar-refractivity contribution in [1.29, 1.82) is 0 Å². The molecule has 4 fully saturated rings. The fourth-order valence-corrected chi connectivity index (χ4v) is 7.08. The zero-order valence-corrected chi connectivity index (χ0v) is 15.8. The summed E-state index contributed by atoms with van der Waals surface area (Å²) in [5.41, 5.74) is 1.13. The highest BCUT2D eigenvalue weighted by molar-refractivity contribution is 7.90. The van der Waals surface area contributed by atoms with E-state index in [0.717, 1.165) is 24.8 Å². The Morgan fingerprint density at radius 1 is 1.12 bits per heavy atom. The van der Waals surface area contributed by atoms with Gasteiger partial charge < -0.3 is 4.57 Å². The van der Waals surface area contributed by atoms with E-state index in [9.17, 15) is 13.2 Å². The number of carbonyl (C=O) groups excluding carboxylic acids is 1. The zero-order valence-electron chi connectivity index (χ0n) is 15.0. The molecule has 4 bridgehead atoms. The van der Waals surface area contributed by atoms with Crippen LogP contribution in [0, 0.1) is 23.2 Å². The fraction of sp³-hybridized carbons (Fsp3) is 0.600. The van der Waals surface area contributed by atoms with E-state index in [1.54, 1.807) is 10.6 Å². The monoisotopic (exact) mass is 372 g/mol. The lowest BCUT2D eigenvalue weighted by Crippen LogP contribution is -2.50. The number of hydrogen-bond donors (Lipinski definition) is 0. The predicted molar refractivity (Wildman–Crippen MR) is 98.5 cm³/mol. The number of imidazole rings is 1. The van der Waals surface area contributed by atoms with E-state index in [2.05, 4.69) is 4.98 Å². The van der Waals surface area contributed by atoms with Crippen molar-refractivity contribution in [3.63, 3.8) is 0 Å². The summed E-state index contributed by atoms with van der Waals surface area (Å²) >= 11 is 0. The molecule has 0 aliphatic heterocycles. The molecule has 5 nitrogen and oxygen atoms in total. The third-order valence-electron chi connectivity index (χ3n) is 6.88. The molecule has 6 heteroatoms. The van der Waals surface area contributed by atoms with Gasteiger partial charge in [0.05, 0.1) is 17.6 Å². The number of benzene rings is 1. The molecule has 0 radical (unpaired) electrons. The van der Waals surface area contributed by atoms with Gasteiger partial charge in [0.1, 0.15) is 0 Å². The quantitative estimate of drug-likeness (QED) is 0.826. The first-order valence-corrected chi connectivity index (χ1v) is 11.4. The number of nitrogens with zero attached hydrogens (tertiary/aromatic N) is 2. The van der Waals surface area contributed by atoms with Crippen molar-refractivity contribution in [2.24, 2.45) is 23.2 Å². The second-order valence-corrected chi connectivity index (χ2v) is 10.8. The largest absolute Gasteiger partial charge is 0.307 e. The molecule has 4 aliphatic carbocycles. The molecule has 26 heavy (non-hydrogen) atoms. The molecular weight excluding hydrogens is 348 g/mol. The summed E-state index contributed by atoms with van der Waals surface area (Å²) in [6.45, 7) is 0.120. The molecule has 0 saturated heterocycles. The molecule has 2 aromatic rings. The van der Waals surface area contributed by atoms with Crippen molar-refractivity contribution < 1.29 is 13.2 Å². The van der Waals surface area contributed by atoms with Crippen molar-refractivity contribution in [2.75, 3.05) is 6.26 Å². The highest BCUT2D eigenvalue weighted by atomic mass is 32.2. The van der Waals surface area contributed by atoms with Crippen LogP contribution in [-0.4, -0.2) is 30.0 Å². The number of rotatable bonds is 4. The number of carbonyl (C=O) groups is 1. The van der Waals surface area contributed by atoms with E-state index in [0.29, 0.717) is 23.3 Å². The molecule has 138 valence electrons. The summed E-state index contributed by atoms with van der Waals surface area (Å²) < 4.78 is 26.1. The van der Waals surface area contributed by atoms with Gasteiger partial charge in [-0.25, -0.2) is 13.4 Å². The Labute approximate surface area is 153 Å². The molecular formula is C20H24N2O3S. The van der Waals surface area contributed by atoms with Gasteiger partial charge in [-0.2, -0.15) is 0 Å². The van der Waals surface area contributed by atoms with Crippen LogP contribution in [0.5, 0.6) is 0 Å². The van der Waals surface area contributed by atoms with Gasteiger partial charge in [-0.3, -0.25) is 4.79 Å². The molecule has 0 atom stereocenters. The first-order valence-electron chi connectivity index (χ1n) is 9.53. The average Bonchev–Trinajstić information content (AvgIpc) is 2.93. The van der Waals surface area contributed by atoms with Crippen molar-refractivity contribution in [1.82, 2.24) is 9.55 Å². The van der Waals surface area contributed by atoms with Crippen molar-refractivity contribution >= 4 is 26.7 Å². The molecule has 0 N–H and O–H groups in total. The molecule has 4 saturated carbocycles. The summed E-state index contributed by atoms with van der Waals surface area (Å²) in [7, 11) is -3.50. The van der Waals surface area contributed by atoms with Crippen LogP contribution in [0.1, 0.15) is 38.5 Å². The van der Waals surface area contributed by atoms with E-state index < -0.39 is 9.84 Å². The Kier molecular flexibility index (Phi) is 3.43. The summed E-state index contributed by atoms with van der Waals surface area (Å²) in [6.07, 6.45) is 8.02. The van der Waals surface area contributed by atoms with Gasteiger partial charge in [-0.1, -0.05) is 12.1 Å². The number of Topliss-reactive ketones (excluding diaryl/α,β-unsaturated/α-hetero) is 1. The number of sulfone groups is 1. The Morgan fingerprint density at radius 2 is 1.69 bits per heavy atom. The number of ketones is 1. The van der Waals surface area contributed by atoms with Crippen LogP contribution in [0.2, 0.25) is 0 Å². The molecule has 4 aliphatic rings. The normalized spacial score (nSPS) is 33.0. The maximum atomic E-state index is 13.4. The maximum Gasteiger partial charge on any atom is 0.228 e. The van der Waals surface area contributed by atoms with Crippen LogP contribution in [0.25, 0.3) is 11.0 Å². The average molecular weight is 372 g/mol. The van der Waals surface area contributed by atoms with Crippen LogP contribution in [0.4, 0.5) is 0 Å². The predicted octanol–water partition coefficient (Wildman–Crippen LogP) is 3.23. The van der Waals surface area contributed by atoms with Crippen LogP contribution < -0.4 is 0 Å². The molecule has 6 rings (SSSR count). The Bertz CT molecular complexity index is 970. The third-order valence-corrected chi connectivity index (χ3v) is 7.86. The van der Waals surface area contributed by atoms with E-state index in [1.165, 1.54) is 25.5 Å². The minimum Gasteiger partial charge on any atom is -0.307 e. The third kappa shape index (κ3) is 2.45. The van der Waals surface area contributed by atoms with Crippen molar-refractivity contribution in [2.45, 2.75) is 50.2 Å². The second kappa shape index (κ2) is 5.41. The molecule has 0 amide bonds. The van der Waals surface area contributed by atoms with Crippen LogP contribution >= 0.6 is 0 Å². The Hall–Kier alpha value is -1.69. The summed E-state index contributed by atoms with van der Waals surface area (Å²) in [6, 6.07) is 7.36. The smallest absolute Gasteiger partial charge is 0.228 e. The van der Waals surface area contributed by atoms with Crippen LogP contribution in [-0.2, 0) is 21.2 Å². The van der Waals surface area contributed by atoms with Gasteiger partial charge in [-0.15, -0.1) is 0 Å². The molecule has 1 aromatic carbocycles. The molecule has 0 spiro atoms. The van der Waals surface area contributed by atoms with Gasteiger partial charge in [0.2, 0.25) is 15.0 Å². The first-order chi connectivity index (χ1) is 12.3. The van der Waals surface area contributed by atoms with E-state index in [-0.39, 0.29) is 22.9 Å². The van der Waals surface area contributed by atoms with Gasteiger partial charge in [0, 0.05) is 11.7 Å². The topological polar surface area (TPSA) is 69.0 Å². The summed E-state index contributed by atoms with van der Waals surface area (Å²) in [5.74, 6) is 2.29. The second-order valence-electron chi connectivity index (χ2n) is 8.86. The lowest BCUT2D eigenvalue weighted by Gasteiger charge is -2.56. The van der Waals surface area contributed by atoms with Gasteiger partial charge in [-0.05, 0) is 68.4 Å². The summed E-state index contributed by atoms with van der Waals surface area (Å²) in [5, 5.41) is 0.0109. The standard InChI is InChI=1S/C20H24N2O3S/c1-26(24,25)19-21-16-4-2-3-5-17(16)22(19)12-18(23)20-9-13-6-14(10-20)8-15(7-13)11-20/h2-5,13-15H,6-12H2,1H3. The van der Waals surface area contributed by atoms with E-state index in [1.807, 2.05) is 18.2 Å². The van der Waals surface area contributed by atoms with Gasteiger partial charge in [0.25, 0.3) is 0 Å². The Morgan fingerprint density at radius 3 is 2.27 bits per heavy atom. The van der Waals surface area contributed by atoms with Gasteiger partial charge >= 0.3 is 0 Å². The Balaban J connectivity index is 1.55. The number of para-hydroxylation sites is 2. The highest BCUT2D eigenvalue weighted by Gasteiger charge is 2.54. The lowest BCUT2D eigenvalue weighted by atomic mass is 9.48. The van der Waals surface area contributed by atoms with E-state index >= 15 is 0 Å². The van der Waals surface area contributed by atoms with E-state index in [4.69, 9.17) is 0 Å². The van der Waals surface area contributed by atoms with Gasteiger partial charge in [0.15, 0.2) is 5.78 Å². The van der Waals surface area contributed by atoms with Crippen LogP contribution in [0.3, 0.4) is 0 Å². The molecule has 1 heterocycles. The minimum absolute atomic E-state index is 0.0109.